The van der Waals surface area contributed by atoms with Gasteiger partial charge in [-0.1, -0.05) is 29.3 Å². The van der Waals surface area contributed by atoms with Gasteiger partial charge in [-0.05, 0) is 37.0 Å². The molecule has 5 nitrogen and oxygen atoms in total. The van der Waals surface area contributed by atoms with E-state index in [9.17, 15) is 14.7 Å². The van der Waals surface area contributed by atoms with Gasteiger partial charge in [-0.15, -0.1) is 0 Å². The second-order valence-electron chi connectivity index (χ2n) is 5.31. The monoisotopic (exact) mass is 354 g/mol. The molecule has 1 aromatic carbocycles. The molecule has 6 heteroatoms. The summed E-state index contributed by atoms with van der Waals surface area (Å²) in [4.78, 5) is 25.2. The number of nitrogens with zero attached hydrogens (tertiary/aromatic N) is 1. The van der Waals surface area contributed by atoms with E-state index >= 15 is 0 Å². The van der Waals surface area contributed by atoms with Crippen molar-refractivity contribution >= 4 is 33.6 Å². The van der Waals surface area contributed by atoms with Gasteiger partial charge >= 0.3 is 12.0 Å². The van der Waals surface area contributed by atoms with E-state index in [0.29, 0.717) is 16.1 Å². The Morgan fingerprint density at radius 2 is 2.24 bits per heavy atom. The molecular weight excluding hydrogens is 336 g/mol. The highest BCUT2D eigenvalue weighted by Gasteiger charge is 2.26. The predicted molar refractivity (Wildman–Crippen MR) is 84.7 cm³/mol. The van der Waals surface area contributed by atoms with Gasteiger partial charge in [0.25, 0.3) is 0 Å². The van der Waals surface area contributed by atoms with Crippen molar-refractivity contribution in [3.8, 4) is 0 Å². The average molecular weight is 355 g/mol. The fourth-order valence-electron chi connectivity index (χ4n) is 2.66. The van der Waals surface area contributed by atoms with Gasteiger partial charge in [-0.3, -0.25) is 0 Å². The standard InChI is InChI=1S/C15H19BrN2O3/c1-2-3-10-6-7-18(9-10)15(21)17-13-5-4-11(16)8-12(13)14(19)20/h4-5,8,10H,2-3,6-7,9H2,1H3,(H,17,21)(H,19,20). The normalized spacial score (nSPS) is 17.8. The molecule has 1 aliphatic rings. The molecule has 114 valence electrons. The lowest BCUT2D eigenvalue weighted by Crippen LogP contribution is -2.33. The van der Waals surface area contributed by atoms with E-state index in [-0.39, 0.29) is 11.6 Å². The molecule has 0 radical (unpaired) electrons. The van der Waals surface area contributed by atoms with Gasteiger partial charge in [0.15, 0.2) is 0 Å². The van der Waals surface area contributed by atoms with Crippen molar-refractivity contribution in [1.29, 1.82) is 0 Å². The van der Waals surface area contributed by atoms with Crippen molar-refractivity contribution in [2.45, 2.75) is 26.2 Å². The number of benzene rings is 1. The van der Waals surface area contributed by atoms with Crippen LogP contribution in [-0.2, 0) is 0 Å². The zero-order valence-corrected chi connectivity index (χ0v) is 13.5. The van der Waals surface area contributed by atoms with Crippen molar-refractivity contribution in [3.63, 3.8) is 0 Å². The lowest BCUT2D eigenvalue weighted by Gasteiger charge is -2.18. The molecule has 0 bridgehead atoms. The smallest absolute Gasteiger partial charge is 0.337 e. The summed E-state index contributed by atoms with van der Waals surface area (Å²) in [6.07, 6.45) is 3.27. The average Bonchev–Trinajstić information content (AvgIpc) is 2.89. The Labute approximate surface area is 132 Å². The molecular formula is C15H19BrN2O3. The number of carbonyl (C=O) groups is 2. The van der Waals surface area contributed by atoms with E-state index in [4.69, 9.17) is 0 Å². The second kappa shape index (κ2) is 6.93. The first-order valence-corrected chi connectivity index (χ1v) is 7.89. The molecule has 21 heavy (non-hydrogen) atoms. The van der Waals surface area contributed by atoms with Crippen LogP contribution >= 0.6 is 15.9 Å². The van der Waals surface area contributed by atoms with Gasteiger partial charge < -0.3 is 15.3 Å². The van der Waals surface area contributed by atoms with Gasteiger partial charge in [0.1, 0.15) is 0 Å². The first-order valence-electron chi connectivity index (χ1n) is 7.10. The highest BCUT2D eigenvalue weighted by molar-refractivity contribution is 9.10. The zero-order valence-electron chi connectivity index (χ0n) is 11.9. The molecule has 1 atom stereocenters. The summed E-state index contributed by atoms with van der Waals surface area (Å²) in [5.74, 6) is -0.499. The van der Waals surface area contributed by atoms with Crippen molar-refractivity contribution in [3.05, 3.63) is 28.2 Å². The summed E-state index contributed by atoms with van der Waals surface area (Å²) in [5, 5.41) is 11.9. The minimum atomic E-state index is -1.06. The lowest BCUT2D eigenvalue weighted by molar-refractivity contribution is 0.0698. The number of carbonyl (C=O) groups excluding carboxylic acids is 1. The molecule has 0 spiro atoms. The van der Waals surface area contributed by atoms with Gasteiger partial charge in [0.05, 0.1) is 11.3 Å². The molecule has 1 aliphatic heterocycles. The minimum absolute atomic E-state index is 0.0852. The van der Waals surface area contributed by atoms with Gasteiger partial charge in [0, 0.05) is 17.6 Å². The van der Waals surface area contributed by atoms with Crippen LogP contribution in [0.3, 0.4) is 0 Å². The summed E-state index contributed by atoms with van der Waals surface area (Å²) in [6, 6.07) is 4.58. The number of amides is 2. The molecule has 0 saturated carbocycles. The number of rotatable bonds is 4. The maximum absolute atomic E-state index is 12.2. The van der Waals surface area contributed by atoms with Gasteiger partial charge in [0.2, 0.25) is 0 Å². The predicted octanol–water partition coefficient (Wildman–Crippen LogP) is 3.80. The molecule has 0 aliphatic carbocycles. The first kappa shape index (κ1) is 15.8. The summed E-state index contributed by atoms with van der Waals surface area (Å²) < 4.78 is 0.669. The number of halogens is 1. The van der Waals surface area contributed by atoms with Crippen molar-refractivity contribution in [2.24, 2.45) is 5.92 Å². The highest BCUT2D eigenvalue weighted by Crippen LogP contribution is 2.24. The van der Waals surface area contributed by atoms with Crippen LogP contribution in [0.5, 0.6) is 0 Å². The van der Waals surface area contributed by atoms with Crippen LogP contribution in [0, 0.1) is 5.92 Å². The SMILES string of the molecule is CCCC1CCN(C(=O)Nc2ccc(Br)cc2C(=O)O)C1. The van der Waals surface area contributed by atoms with E-state index in [1.54, 1.807) is 17.0 Å². The third kappa shape index (κ3) is 3.97. The van der Waals surface area contributed by atoms with E-state index < -0.39 is 5.97 Å². The Morgan fingerprint density at radius 1 is 1.48 bits per heavy atom. The topological polar surface area (TPSA) is 69.6 Å². The maximum atomic E-state index is 12.2. The largest absolute Gasteiger partial charge is 0.478 e. The quantitative estimate of drug-likeness (QED) is 0.863. The molecule has 1 unspecified atom stereocenters. The molecule has 1 heterocycles. The number of aromatic carboxylic acids is 1. The Hall–Kier alpha value is -1.56. The molecule has 1 saturated heterocycles. The zero-order chi connectivity index (χ0) is 15.4. The molecule has 2 rings (SSSR count). The van der Waals surface area contributed by atoms with E-state index in [0.717, 1.165) is 32.4 Å². The van der Waals surface area contributed by atoms with E-state index in [1.165, 1.54) is 6.07 Å². The summed E-state index contributed by atoms with van der Waals surface area (Å²) in [7, 11) is 0. The number of urea groups is 1. The molecule has 2 N–H and O–H groups in total. The number of anilines is 1. The van der Waals surface area contributed by atoms with Crippen LogP contribution in [0.15, 0.2) is 22.7 Å². The third-order valence-electron chi connectivity index (χ3n) is 3.72. The number of hydrogen-bond donors (Lipinski definition) is 2. The van der Waals surface area contributed by atoms with Crippen LogP contribution in [0.1, 0.15) is 36.5 Å². The van der Waals surface area contributed by atoms with Crippen LogP contribution in [0.2, 0.25) is 0 Å². The number of nitrogens with one attached hydrogen (secondary N) is 1. The third-order valence-corrected chi connectivity index (χ3v) is 4.22. The number of carboxylic acid groups (broad SMARTS) is 1. The maximum Gasteiger partial charge on any atom is 0.337 e. The first-order chi connectivity index (χ1) is 10.0. The van der Waals surface area contributed by atoms with Crippen molar-refractivity contribution in [1.82, 2.24) is 4.90 Å². The second-order valence-corrected chi connectivity index (χ2v) is 6.23. The fraction of sp³-hybridized carbons (Fsp3) is 0.467. The molecule has 0 aromatic heterocycles. The van der Waals surface area contributed by atoms with Gasteiger partial charge in [-0.2, -0.15) is 0 Å². The summed E-state index contributed by atoms with van der Waals surface area (Å²) in [6.45, 7) is 3.62. The van der Waals surface area contributed by atoms with Crippen LogP contribution in [0.4, 0.5) is 10.5 Å². The van der Waals surface area contributed by atoms with Crippen molar-refractivity contribution in [2.75, 3.05) is 18.4 Å². The molecule has 1 fully saturated rings. The Kier molecular flexibility index (Phi) is 5.22. The summed E-state index contributed by atoms with van der Waals surface area (Å²) >= 11 is 3.24. The number of likely N-dealkylation sites (tertiary alicyclic amines) is 1. The molecule has 1 aromatic rings. The van der Waals surface area contributed by atoms with Crippen molar-refractivity contribution < 1.29 is 14.7 Å². The van der Waals surface area contributed by atoms with E-state index in [1.807, 2.05) is 0 Å². The van der Waals surface area contributed by atoms with Crippen LogP contribution in [0.25, 0.3) is 0 Å². The summed E-state index contributed by atoms with van der Waals surface area (Å²) in [5.41, 5.74) is 0.414. The highest BCUT2D eigenvalue weighted by atomic mass is 79.9. The number of carboxylic acids is 1. The Bertz CT molecular complexity index is 548. The Morgan fingerprint density at radius 3 is 2.90 bits per heavy atom. The number of hydrogen-bond acceptors (Lipinski definition) is 2. The van der Waals surface area contributed by atoms with Crippen LogP contribution < -0.4 is 5.32 Å². The lowest BCUT2D eigenvalue weighted by atomic mass is 10.0. The van der Waals surface area contributed by atoms with Gasteiger partial charge in [-0.25, -0.2) is 9.59 Å². The minimum Gasteiger partial charge on any atom is -0.478 e. The van der Waals surface area contributed by atoms with Crippen LogP contribution in [-0.4, -0.2) is 35.1 Å². The van der Waals surface area contributed by atoms with E-state index in [2.05, 4.69) is 28.2 Å². The Balaban J connectivity index is 2.05. The fourth-order valence-corrected chi connectivity index (χ4v) is 3.02. The molecule has 2 amide bonds.